The van der Waals surface area contributed by atoms with Crippen molar-refractivity contribution < 1.29 is 22.9 Å². The molecule has 0 saturated heterocycles. The highest BCUT2D eigenvalue weighted by molar-refractivity contribution is 5.74. The lowest BCUT2D eigenvalue weighted by molar-refractivity contribution is -0.119. The SMILES string of the molecule is CC(=O)N[C@@H](C)c1cc(C2CCC(F)(c3nc4ccc(OCC5CC5)cc4o3)CC2)no1. The van der Waals surface area contributed by atoms with Crippen LogP contribution in [0.2, 0.25) is 0 Å². The van der Waals surface area contributed by atoms with E-state index in [0.29, 0.717) is 55.1 Å². The van der Waals surface area contributed by atoms with Gasteiger partial charge in [0, 0.05) is 25.0 Å². The molecule has 1 atom stereocenters. The summed E-state index contributed by atoms with van der Waals surface area (Å²) in [6.45, 7) is 4.02. The minimum atomic E-state index is -1.60. The fourth-order valence-corrected chi connectivity index (χ4v) is 4.35. The van der Waals surface area contributed by atoms with Crippen LogP contribution in [0.3, 0.4) is 0 Å². The quantitative estimate of drug-likeness (QED) is 0.533. The third-order valence-electron chi connectivity index (χ3n) is 6.52. The van der Waals surface area contributed by atoms with Gasteiger partial charge in [-0.2, -0.15) is 0 Å². The molecule has 0 spiro atoms. The molecular weight excluding hydrogens is 413 g/mol. The number of aromatic nitrogens is 2. The molecule has 170 valence electrons. The number of rotatable bonds is 7. The molecule has 32 heavy (non-hydrogen) atoms. The van der Waals surface area contributed by atoms with Gasteiger partial charge in [-0.3, -0.25) is 4.79 Å². The minimum absolute atomic E-state index is 0.104. The first kappa shape index (κ1) is 21.0. The van der Waals surface area contributed by atoms with Gasteiger partial charge in [0.05, 0.1) is 18.3 Å². The number of nitrogens with one attached hydrogen (secondary N) is 1. The van der Waals surface area contributed by atoms with Gasteiger partial charge in [-0.15, -0.1) is 0 Å². The van der Waals surface area contributed by atoms with Gasteiger partial charge >= 0.3 is 0 Å². The summed E-state index contributed by atoms with van der Waals surface area (Å²) >= 11 is 0. The first-order valence-electron chi connectivity index (χ1n) is 11.4. The van der Waals surface area contributed by atoms with Crippen molar-refractivity contribution in [3.63, 3.8) is 0 Å². The van der Waals surface area contributed by atoms with Crippen LogP contribution >= 0.6 is 0 Å². The summed E-state index contributed by atoms with van der Waals surface area (Å²) in [4.78, 5) is 15.7. The van der Waals surface area contributed by atoms with Crippen molar-refractivity contribution in [2.75, 3.05) is 6.61 Å². The van der Waals surface area contributed by atoms with E-state index < -0.39 is 5.67 Å². The van der Waals surface area contributed by atoms with Crippen LogP contribution in [0.4, 0.5) is 4.39 Å². The zero-order chi connectivity index (χ0) is 22.3. The Labute approximate surface area is 185 Å². The first-order valence-corrected chi connectivity index (χ1v) is 11.4. The van der Waals surface area contributed by atoms with Gasteiger partial charge in [-0.1, -0.05) is 5.16 Å². The van der Waals surface area contributed by atoms with Gasteiger partial charge < -0.3 is 19.0 Å². The van der Waals surface area contributed by atoms with Crippen molar-refractivity contribution in [3.05, 3.63) is 41.6 Å². The Morgan fingerprint density at radius 3 is 2.78 bits per heavy atom. The molecule has 5 rings (SSSR count). The molecule has 2 heterocycles. The second kappa shape index (κ2) is 8.22. The molecule has 2 saturated carbocycles. The van der Waals surface area contributed by atoms with Crippen LogP contribution in [-0.4, -0.2) is 22.7 Å². The number of alkyl halides is 1. The summed E-state index contributed by atoms with van der Waals surface area (Å²) in [7, 11) is 0. The highest BCUT2D eigenvalue weighted by Gasteiger charge is 2.42. The molecule has 1 amide bonds. The smallest absolute Gasteiger partial charge is 0.233 e. The molecule has 0 unspecified atom stereocenters. The number of amides is 1. The third-order valence-corrected chi connectivity index (χ3v) is 6.52. The van der Waals surface area contributed by atoms with Crippen molar-refractivity contribution in [1.82, 2.24) is 15.5 Å². The van der Waals surface area contributed by atoms with Gasteiger partial charge in [-0.25, -0.2) is 9.37 Å². The van der Waals surface area contributed by atoms with E-state index in [-0.39, 0.29) is 23.8 Å². The lowest BCUT2D eigenvalue weighted by Crippen LogP contribution is -2.27. The van der Waals surface area contributed by atoms with Crippen LogP contribution in [0.1, 0.15) is 81.7 Å². The highest BCUT2D eigenvalue weighted by atomic mass is 19.1. The molecule has 3 aromatic rings. The standard InChI is InChI=1S/C24H28FN3O4/c1-14(26-15(2)29)21-12-20(28-32-21)17-7-9-24(25,10-8-17)23-27-19-6-5-18(11-22(19)31-23)30-13-16-3-4-16/h5-6,11-12,14,16-17H,3-4,7-10,13H2,1-2H3,(H,26,29)/t14-,17?,24?/m0/s1. The molecule has 0 radical (unpaired) electrons. The Hall–Kier alpha value is -2.90. The third kappa shape index (κ3) is 4.36. The number of oxazole rings is 1. The van der Waals surface area contributed by atoms with Crippen LogP contribution in [0.25, 0.3) is 11.1 Å². The fourth-order valence-electron chi connectivity index (χ4n) is 4.35. The zero-order valence-corrected chi connectivity index (χ0v) is 18.4. The van der Waals surface area contributed by atoms with Crippen LogP contribution in [0.5, 0.6) is 5.75 Å². The summed E-state index contributed by atoms with van der Waals surface area (Å²) < 4.78 is 32.8. The number of ether oxygens (including phenoxy) is 1. The Morgan fingerprint density at radius 1 is 1.28 bits per heavy atom. The molecule has 1 aromatic carbocycles. The minimum Gasteiger partial charge on any atom is -0.493 e. The molecule has 1 N–H and O–H groups in total. The monoisotopic (exact) mass is 441 g/mol. The van der Waals surface area contributed by atoms with Gasteiger partial charge in [-0.05, 0) is 63.5 Å². The first-order chi connectivity index (χ1) is 15.4. The largest absolute Gasteiger partial charge is 0.493 e. The zero-order valence-electron chi connectivity index (χ0n) is 18.4. The molecule has 0 bridgehead atoms. The number of benzene rings is 1. The fraction of sp³-hybridized carbons (Fsp3) is 0.542. The van der Waals surface area contributed by atoms with E-state index in [4.69, 9.17) is 13.7 Å². The number of nitrogens with zero attached hydrogens (tertiary/aromatic N) is 2. The van der Waals surface area contributed by atoms with Crippen LogP contribution in [0, 0.1) is 5.92 Å². The summed E-state index contributed by atoms with van der Waals surface area (Å²) in [6.07, 6.45) is 4.29. The van der Waals surface area contributed by atoms with E-state index in [1.54, 1.807) is 6.07 Å². The van der Waals surface area contributed by atoms with Crippen molar-refractivity contribution in [1.29, 1.82) is 0 Å². The second-order valence-electron chi connectivity index (χ2n) is 9.22. The maximum atomic E-state index is 15.8. The van der Waals surface area contributed by atoms with Gasteiger partial charge in [0.1, 0.15) is 11.3 Å². The number of fused-ring (bicyclic) bond motifs is 1. The molecule has 7 nitrogen and oxygen atoms in total. The van der Waals surface area contributed by atoms with Gasteiger partial charge in [0.15, 0.2) is 17.0 Å². The average Bonchev–Trinajstić information content (AvgIpc) is 3.28. The molecule has 2 aliphatic rings. The van der Waals surface area contributed by atoms with Crippen LogP contribution in [-0.2, 0) is 10.5 Å². The number of carbonyl (C=O) groups is 1. The summed E-state index contributed by atoms with van der Waals surface area (Å²) in [6, 6.07) is 7.10. The lowest BCUT2D eigenvalue weighted by Gasteiger charge is -2.30. The van der Waals surface area contributed by atoms with Gasteiger partial charge in [0.2, 0.25) is 11.8 Å². The average molecular weight is 442 g/mol. The predicted octanol–water partition coefficient (Wildman–Crippen LogP) is 5.32. The van der Waals surface area contributed by atoms with E-state index in [1.165, 1.54) is 19.8 Å². The Morgan fingerprint density at radius 2 is 2.06 bits per heavy atom. The number of carbonyl (C=O) groups excluding carboxylic acids is 1. The second-order valence-corrected chi connectivity index (χ2v) is 9.22. The van der Waals surface area contributed by atoms with E-state index in [0.717, 1.165) is 11.4 Å². The topological polar surface area (TPSA) is 90.4 Å². The number of halogens is 1. The summed E-state index contributed by atoms with van der Waals surface area (Å²) in [5.74, 6) is 2.12. The predicted molar refractivity (Wildman–Crippen MR) is 115 cm³/mol. The molecular formula is C24H28FN3O4. The van der Waals surface area contributed by atoms with Gasteiger partial charge in [0.25, 0.3) is 0 Å². The lowest BCUT2D eigenvalue weighted by atomic mass is 9.78. The van der Waals surface area contributed by atoms with Crippen LogP contribution < -0.4 is 10.1 Å². The molecule has 0 aliphatic heterocycles. The molecule has 2 aromatic heterocycles. The van der Waals surface area contributed by atoms with Crippen LogP contribution in [0.15, 0.2) is 33.2 Å². The van der Waals surface area contributed by atoms with E-state index in [2.05, 4.69) is 15.5 Å². The Balaban J connectivity index is 1.25. The van der Waals surface area contributed by atoms with E-state index >= 15 is 4.39 Å². The Bertz CT molecular complexity index is 1110. The maximum Gasteiger partial charge on any atom is 0.233 e. The molecule has 2 fully saturated rings. The van der Waals surface area contributed by atoms with Crippen molar-refractivity contribution in [3.8, 4) is 5.75 Å². The molecule has 8 heteroatoms. The number of hydrogen-bond acceptors (Lipinski definition) is 6. The van der Waals surface area contributed by atoms with Crippen molar-refractivity contribution in [2.24, 2.45) is 5.92 Å². The maximum absolute atomic E-state index is 15.8. The van der Waals surface area contributed by atoms with Crippen molar-refractivity contribution >= 4 is 17.0 Å². The Kier molecular flexibility index (Phi) is 5.39. The summed E-state index contributed by atoms with van der Waals surface area (Å²) in [5, 5.41) is 6.95. The molecule has 2 aliphatic carbocycles. The normalized spacial score (nSPS) is 24.4. The van der Waals surface area contributed by atoms with Crippen molar-refractivity contribution in [2.45, 2.75) is 70.0 Å². The summed E-state index contributed by atoms with van der Waals surface area (Å²) in [5.41, 5.74) is 0.404. The highest BCUT2D eigenvalue weighted by Crippen LogP contribution is 2.46. The van der Waals surface area contributed by atoms with E-state index in [9.17, 15) is 4.79 Å². The number of hydrogen-bond donors (Lipinski definition) is 1. The van der Waals surface area contributed by atoms with E-state index in [1.807, 2.05) is 25.1 Å².